The lowest BCUT2D eigenvalue weighted by Gasteiger charge is -2.22. The molecule has 1 aliphatic heterocycles. The fourth-order valence-electron chi connectivity index (χ4n) is 1.61. The van der Waals surface area contributed by atoms with Gasteiger partial charge in [0, 0.05) is 6.42 Å². The first-order chi connectivity index (χ1) is 7.49. The third-order valence-electron chi connectivity index (χ3n) is 2.47. The Labute approximate surface area is 90.0 Å². The average molecular weight is 226 g/mol. The summed E-state index contributed by atoms with van der Waals surface area (Å²) >= 11 is 0. The summed E-state index contributed by atoms with van der Waals surface area (Å²) in [6.45, 7) is 1.28. The van der Waals surface area contributed by atoms with Gasteiger partial charge in [-0.3, -0.25) is 4.79 Å². The quantitative estimate of drug-likeness (QED) is 0.683. The number of Topliss-reactive ketones (excluding diaryl/α,β-unsaturated/α-hetero) is 1. The predicted octanol–water partition coefficient (Wildman–Crippen LogP) is 1.64. The zero-order valence-corrected chi connectivity index (χ0v) is 8.42. The minimum absolute atomic E-state index is 0.0172. The predicted molar refractivity (Wildman–Crippen MR) is 49.9 cm³/mol. The lowest BCUT2D eigenvalue weighted by Crippen LogP contribution is -2.33. The molecular formula is C11H8F2O3. The van der Waals surface area contributed by atoms with E-state index in [1.165, 1.54) is 6.92 Å². The number of halogens is 2. The van der Waals surface area contributed by atoms with Crippen molar-refractivity contribution in [2.45, 2.75) is 19.4 Å². The topological polar surface area (TPSA) is 43.4 Å². The number of carbonyl (C=O) groups is 2. The fraction of sp³-hybridized carbons (Fsp3) is 0.273. The summed E-state index contributed by atoms with van der Waals surface area (Å²) in [5.74, 6) is -3.24. The van der Waals surface area contributed by atoms with Crippen LogP contribution in [0.3, 0.4) is 0 Å². The maximum absolute atomic E-state index is 12.9. The molecule has 0 saturated heterocycles. The summed E-state index contributed by atoms with van der Waals surface area (Å²) in [5.41, 5.74) is 0.284. The number of fused-ring (bicyclic) bond motifs is 1. The Morgan fingerprint density at radius 3 is 2.62 bits per heavy atom. The van der Waals surface area contributed by atoms with E-state index in [-0.39, 0.29) is 17.8 Å². The van der Waals surface area contributed by atoms with E-state index in [2.05, 4.69) is 0 Å². The molecule has 1 aromatic carbocycles. The van der Waals surface area contributed by atoms with E-state index in [1.54, 1.807) is 0 Å². The molecule has 5 heteroatoms. The molecule has 1 aliphatic rings. The van der Waals surface area contributed by atoms with Crippen molar-refractivity contribution in [2.75, 3.05) is 0 Å². The Bertz CT molecular complexity index is 482. The molecule has 2 rings (SSSR count). The van der Waals surface area contributed by atoms with Gasteiger partial charge in [0.2, 0.25) is 0 Å². The van der Waals surface area contributed by atoms with Gasteiger partial charge in [-0.05, 0) is 24.6 Å². The highest BCUT2D eigenvalue weighted by atomic mass is 19.2. The highest BCUT2D eigenvalue weighted by Crippen LogP contribution is 2.23. The molecule has 0 aliphatic carbocycles. The van der Waals surface area contributed by atoms with Crippen LogP contribution in [-0.4, -0.2) is 17.9 Å². The van der Waals surface area contributed by atoms with Crippen molar-refractivity contribution in [1.29, 1.82) is 0 Å². The number of ether oxygens (including phenoxy) is 1. The highest BCUT2D eigenvalue weighted by Gasteiger charge is 2.30. The lowest BCUT2D eigenvalue weighted by atomic mass is 9.96. The first kappa shape index (κ1) is 10.7. The van der Waals surface area contributed by atoms with Gasteiger partial charge >= 0.3 is 5.97 Å². The van der Waals surface area contributed by atoms with Gasteiger partial charge in [0.05, 0.1) is 5.56 Å². The Balaban J connectivity index is 2.46. The van der Waals surface area contributed by atoms with Crippen LogP contribution < -0.4 is 0 Å². The number of hydrogen-bond acceptors (Lipinski definition) is 3. The molecule has 84 valence electrons. The summed E-state index contributed by atoms with van der Waals surface area (Å²) in [7, 11) is 0. The van der Waals surface area contributed by atoms with Crippen molar-refractivity contribution in [3.05, 3.63) is 34.9 Å². The molecular weight excluding hydrogens is 218 g/mol. The monoisotopic (exact) mass is 226 g/mol. The molecule has 1 aromatic rings. The molecule has 0 spiro atoms. The molecule has 16 heavy (non-hydrogen) atoms. The zero-order chi connectivity index (χ0) is 11.9. The second kappa shape index (κ2) is 3.66. The third kappa shape index (κ3) is 1.68. The lowest BCUT2D eigenvalue weighted by molar-refractivity contribution is -0.125. The second-order valence-electron chi connectivity index (χ2n) is 3.63. The van der Waals surface area contributed by atoms with Crippen LogP contribution in [0.15, 0.2) is 12.1 Å². The number of hydrogen-bond donors (Lipinski definition) is 0. The highest BCUT2D eigenvalue weighted by molar-refractivity contribution is 5.95. The summed E-state index contributed by atoms with van der Waals surface area (Å²) < 4.78 is 30.6. The Morgan fingerprint density at radius 2 is 2.00 bits per heavy atom. The maximum Gasteiger partial charge on any atom is 0.339 e. The molecule has 0 amide bonds. The van der Waals surface area contributed by atoms with Crippen molar-refractivity contribution >= 4 is 11.8 Å². The molecule has 0 radical (unpaired) electrons. The van der Waals surface area contributed by atoms with E-state index in [4.69, 9.17) is 4.74 Å². The van der Waals surface area contributed by atoms with E-state index in [0.717, 1.165) is 12.1 Å². The third-order valence-corrected chi connectivity index (χ3v) is 2.47. The van der Waals surface area contributed by atoms with Crippen LogP contribution in [0.2, 0.25) is 0 Å². The van der Waals surface area contributed by atoms with Crippen molar-refractivity contribution in [1.82, 2.24) is 0 Å². The van der Waals surface area contributed by atoms with Gasteiger partial charge in [0.1, 0.15) is 0 Å². The van der Waals surface area contributed by atoms with Crippen molar-refractivity contribution < 1.29 is 23.1 Å². The van der Waals surface area contributed by atoms with E-state index in [1.807, 2.05) is 0 Å². The van der Waals surface area contributed by atoms with E-state index in [9.17, 15) is 18.4 Å². The zero-order valence-electron chi connectivity index (χ0n) is 8.42. The summed E-state index contributed by atoms with van der Waals surface area (Å²) in [4.78, 5) is 22.5. The van der Waals surface area contributed by atoms with E-state index in [0.29, 0.717) is 5.56 Å². The number of rotatable bonds is 1. The van der Waals surface area contributed by atoms with Crippen LogP contribution in [0.4, 0.5) is 8.78 Å². The number of carbonyl (C=O) groups excluding carboxylic acids is 2. The smallest absolute Gasteiger partial charge is 0.339 e. The van der Waals surface area contributed by atoms with Gasteiger partial charge in [-0.15, -0.1) is 0 Å². The summed E-state index contributed by atoms with van der Waals surface area (Å²) in [6.07, 6.45) is -0.807. The van der Waals surface area contributed by atoms with Gasteiger partial charge in [-0.2, -0.15) is 0 Å². The fourth-order valence-corrected chi connectivity index (χ4v) is 1.61. The van der Waals surface area contributed by atoms with E-state index >= 15 is 0 Å². The van der Waals surface area contributed by atoms with Gasteiger partial charge in [0.15, 0.2) is 23.5 Å². The Hall–Kier alpha value is -1.78. The first-order valence-corrected chi connectivity index (χ1v) is 4.68. The molecule has 0 N–H and O–H groups in total. The van der Waals surface area contributed by atoms with Crippen LogP contribution in [0, 0.1) is 11.6 Å². The van der Waals surface area contributed by atoms with Crippen LogP contribution in [-0.2, 0) is 16.0 Å². The van der Waals surface area contributed by atoms with Gasteiger partial charge in [0.25, 0.3) is 0 Å². The normalized spacial score (nSPS) is 18.9. The second-order valence-corrected chi connectivity index (χ2v) is 3.63. The largest absolute Gasteiger partial charge is 0.450 e. The summed E-state index contributed by atoms with van der Waals surface area (Å²) in [5, 5.41) is 0. The van der Waals surface area contributed by atoms with Crippen molar-refractivity contribution in [3.8, 4) is 0 Å². The molecule has 0 saturated carbocycles. The maximum atomic E-state index is 12.9. The van der Waals surface area contributed by atoms with E-state index < -0.39 is 23.7 Å². The number of cyclic esters (lactones) is 1. The van der Waals surface area contributed by atoms with Crippen LogP contribution in [0.25, 0.3) is 0 Å². The molecule has 0 fully saturated rings. The molecule has 0 bridgehead atoms. The molecule has 1 atom stereocenters. The van der Waals surface area contributed by atoms with Gasteiger partial charge < -0.3 is 4.74 Å². The SMILES string of the molecule is CC(=O)C1Cc2cc(F)c(F)cc2C(=O)O1. The molecule has 3 nitrogen and oxygen atoms in total. The standard InChI is InChI=1S/C11H8F2O3/c1-5(14)10-3-6-2-8(12)9(13)4-7(6)11(15)16-10/h2,4,10H,3H2,1H3. The summed E-state index contributed by atoms with van der Waals surface area (Å²) in [6, 6.07) is 1.73. The van der Waals surface area contributed by atoms with Crippen molar-refractivity contribution in [3.63, 3.8) is 0 Å². The van der Waals surface area contributed by atoms with Crippen LogP contribution in [0.5, 0.6) is 0 Å². The van der Waals surface area contributed by atoms with Crippen LogP contribution >= 0.6 is 0 Å². The minimum Gasteiger partial charge on any atom is -0.450 e. The Morgan fingerprint density at radius 1 is 1.38 bits per heavy atom. The minimum atomic E-state index is -1.10. The average Bonchev–Trinajstić information content (AvgIpc) is 2.20. The van der Waals surface area contributed by atoms with Crippen molar-refractivity contribution in [2.24, 2.45) is 0 Å². The molecule has 1 unspecified atom stereocenters. The number of benzene rings is 1. The Kier molecular flexibility index (Phi) is 2.46. The van der Waals surface area contributed by atoms with Gasteiger partial charge in [-0.1, -0.05) is 0 Å². The first-order valence-electron chi connectivity index (χ1n) is 4.68. The number of esters is 1. The molecule has 0 aromatic heterocycles. The molecule has 1 heterocycles. The van der Waals surface area contributed by atoms with Crippen LogP contribution in [0.1, 0.15) is 22.8 Å². The van der Waals surface area contributed by atoms with Gasteiger partial charge in [-0.25, -0.2) is 13.6 Å². The number of ketones is 1.